The van der Waals surface area contributed by atoms with E-state index in [1.165, 1.54) is 4.90 Å². The van der Waals surface area contributed by atoms with E-state index >= 15 is 0 Å². The van der Waals surface area contributed by atoms with Crippen molar-refractivity contribution in [1.29, 1.82) is 0 Å². The zero-order chi connectivity index (χ0) is 19.5. The van der Waals surface area contributed by atoms with Gasteiger partial charge in [0.15, 0.2) is 5.78 Å². The van der Waals surface area contributed by atoms with E-state index in [1.807, 2.05) is 25.2 Å². The van der Waals surface area contributed by atoms with Crippen molar-refractivity contribution in [3.63, 3.8) is 0 Å². The van der Waals surface area contributed by atoms with Gasteiger partial charge in [0, 0.05) is 25.0 Å². The maximum atomic E-state index is 13.0. The zero-order valence-corrected chi connectivity index (χ0v) is 15.6. The number of nitrogens with one attached hydrogen (secondary N) is 3. The molecule has 7 heteroatoms. The molecule has 0 aromatic carbocycles. The quantitative estimate of drug-likeness (QED) is 0.707. The summed E-state index contributed by atoms with van der Waals surface area (Å²) in [5.74, 6) is -0.0949. The smallest absolute Gasteiger partial charge is 0.318 e. The highest BCUT2D eigenvalue weighted by Gasteiger charge is 2.33. The number of urea groups is 1. The normalized spacial score (nSPS) is 17.3. The van der Waals surface area contributed by atoms with E-state index < -0.39 is 0 Å². The molecule has 0 unspecified atom stereocenters. The van der Waals surface area contributed by atoms with Crippen molar-refractivity contribution in [1.82, 2.24) is 15.2 Å². The van der Waals surface area contributed by atoms with E-state index in [0.29, 0.717) is 25.2 Å². The number of hydrogen-bond acceptors (Lipinski definition) is 4. The van der Waals surface area contributed by atoms with Gasteiger partial charge in [-0.05, 0) is 42.9 Å². The number of fused-ring (bicyclic) bond motifs is 1. The number of aromatic amines is 1. The molecule has 1 aromatic heterocycles. The molecule has 28 heavy (non-hydrogen) atoms. The van der Waals surface area contributed by atoms with Crippen molar-refractivity contribution in [3.05, 3.63) is 58.4 Å². The molecule has 0 fully saturated rings. The minimum absolute atomic E-state index is 0.0515. The summed E-state index contributed by atoms with van der Waals surface area (Å²) < 4.78 is 0. The number of H-pyrrole nitrogens is 1. The van der Waals surface area contributed by atoms with Gasteiger partial charge >= 0.3 is 6.03 Å². The molecule has 1 aromatic rings. The monoisotopic (exact) mass is 375 g/mol. The Morgan fingerprint density at radius 2 is 2.29 bits per heavy atom. The fourth-order valence-electron chi connectivity index (χ4n) is 3.50. The van der Waals surface area contributed by atoms with Crippen LogP contribution in [0.1, 0.15) is 35.1 Å². The Balaban J connectivity index is 1.77. The predicted molar refractivity (Wildman–Crippen MR) is 108 cm³/mol. The van der Waals surface area contributed by atoms with Crippen molar-refractivity contribution in [2.45, 2.75) is 19.9 Å². The Labute approximate surface area is 162 Å². The van der Waals surface area contributed by atoms with Crippen molar-refractivity contribution in [3.8, 4) is 0 Å². The van der Waals surface area contributed by atoms with Gasteiger partial charge in [0.1, 0.15) is 0 Å². The van der Waals surface area contributed by atoms with E-state index in [9.17, 15) is 9.59 Å². The molecule has 1 aliphatic carbocycles. The number of carbonyl (C=O) groups excluding carboxylic acids is 2. The van der Waals surface area contributed by atoms with Crippen LogP contribution in [0.2, 0.25) is 0 Å². The lowest BCUT2D eigenvalue weighted by Gasteiger charge is -2.26. The first-order chi connectivity index (χ1) is 13.7. The molecule has 3 heterocycles. The molecule has 0 spiro atoms. The molecular weight excluding hydrogens is 354 g/mol. The Morgan fingerprint density at radius 3 is 3.00 bits per heavy atom. The van der Waals surface area contributed by atoms with Gasteiger partial charge in [-0.25, -0.2) is 4.79 Å². The summed E-state index contributed by atoms with van der Waals surface area (Å²) in [5.41, 5.74) is 10.7. The summed E-state index contributed by atoms with van der Waals surface area (Å²) in [7, 11) is 0. The molecule has 3 aliphatic rings. The van der Waals surface area contributed by atoms with Crippen LogP contribution in [0.4, 0.5) is 10.5 Å². The molecule has 2 aliphatic heterocycles. The molecule has 0 saturated heterocycles. The number of ketones is 1. The van der Waals surface area contributed by atoms with Crippen LogP contribution < -0.4 is 10.6 Å². The van der Waals surface area contributed by atoms with Crippen LogP contribution in [0, 0.1) is 0 Å². The minimum atomic E-state index is -0.234. The summed E-state index contributed by atoms with van der Waals surface area (Å²) in [4.78, 5) is 34.4. The van der Waals surface area contributed by atoms with Crippen LogP contribution in [-0.4, -0.2) is 47.5 Å². The lowest BCUT2D eigenvalue weighted by atomic mass is 10.0. The Kier molecular flexibility index (Phi) is 4.85. The second-order valence-corrected chi connectivity index (χ2v) is 6.67. The fraction of sp³-hybridized carbons (Fsp3) is 0.286. The van der Waals surface area contributed by atoms with Crippen molar-refractivity contribution in [2.24, 2.45) is 4.99 Å². The van der Waals surface area contributed by atoms with Gasteiger partial charge < -0.3 is 20.5 Å². The number of aliphatic imine (C=N–C) groups is 1. The first kappa shape index (κ1) is 17.9. The molecule has 0 bridgehead atoms. The SMILES string of the molecule is CCNC(=O)N1CC(=O)c2c([nH]c(C3=CC=NCC3)c2NC2=C=C=CC=C2)C1. The molecule has 142 valence electrons. The number of dihydropyridines is 1. The number of hydrogen-bond donors (Lipinski definition) is 3. The average Bonchev–Trinajstić information content (AvgIpc) is 3.08. The summed E-state index contributed by atoms with van der Waals surface area (Å²) in [6.07, 6.45) is 10.0. The summed E-state index contributed by atoms with van der Waals surface area (Å²) in [5, 5.41) is 6.09. The number of amides is 2. The van der Waals surface area contributed by atoms with Gasteiger partial charge in [-0.3, -0.25) is 9.79 Å². The predicted octanol–water partition coefficient (Wildman–Crippen LogP) is 2.78. The lowest BCUT2D eigenvalue weighted by molar-refractivity contribution is 0.0919. The fourth-order valence-corrected chi connectivity index (χ4v) is 3.50. The second-order valence-electron chi connectivity index (χ2n) is 6.67. The third-order valence-electron chi connectivity index (χ3n) is 4.78. The Hall–Kier alpha value is -3.53. The van der Waals surface area contributed by atoms with Gasteiger partial charge in [-0.1, -0.05) is 11.8 Å². The largest absolute Gasteiger partial charge is 0.355 e. The number of anilines is 1. The average molecular weight is 375 g/mol. The molecule has 2 amide bonds. The number of aromatic nitrogens is 1. The summed E-state index contributed by atoms with van der Waals surface area (Å²) in [6.45, 7) is 3.49. The highest BCUT2D eigenvalue weighted by atomic mass is 16.2. The number of carbonyl (C=O) groups is 2. The third kappa shape index (κ3) is 3.37. The molecule has 4 rings (SSSR count). The van der Waals surface area contributed by atoms with E-state index in [4.69, 9.17) is 0 Å². The maximum Gasteiger partial charge on any atom is 0.318 e. The molecular formula is C21H21N5O2. The molecule has 7 nitrogen and oxygen atoms in total. The van der Waals surface area contributed by atoms with Crippen LogP contribution >= 0.6 is 0 Å². The molecule has 3 N–H and O–H groups in total. The summed E-state index contributed by atoms with van der Waals surface area (Å²) >= 11 is 0. The first-order valence-electron chi connectivity index (χ1n) is 9.33. The van der Waals surface area contributed by atoms with Crippen LogP contribution in [-0.2, 0) is 6.54 Å². The topological polar surface area (TPSA) is 89.6 Å². The van der Waals surface area contributed by atoms with Gasteiger partial charge in [0.25, 0.3) is 0 Å². The van der Waals surface area contributed by atoms with Gasteiger partial charge in [0.2, 0.25) is 0 Å². The number of nitrogens with zero attached hydrogens (tertiary/aromatic N) is 2. The van der Waals surface area contributed by atoms with Crippen molar-refractivity contribution < 1.29 is 9.59 Å². The van der Waals surface area contributed by atoms with E-state index in [1.54, 1.807) is 12.3 Å². The third-order valence-corrected chi connectivity index (χ3v) is 4.78. The van der Waals surface area contributed by atoms with E-state index in [-0.39, 0.29) is 18.4 Å². The first-order valence-corrected chi connectivity index (χ1v) is 9.33. The zero-order valence-electron chi connectivity index (χ0n) is 15.6. The van der Waals surface area contributed by atoms with Crippen molar-refractivity contribution >= 4 is 29.3 Å². The molecule has 0 saturated carbocycles. The van der Waals surface area contributed by atoms with Crippen LogP contribution in [0.5, 0.6) is 0 Å². The van der Waals surface area contributed by atoms with E-state index in [2.05, 4.69) is 32.1 Å². The van der Waals surface area contributed by atoms with Gasteiger partial charge in [-0.2, -0.15) is 0 Å². The Morgan fingerprint density at radius 1 is 1.39 bits per heavy atom. The van der Waals surface area contributed by atoms with Gasteiger partial charge in [0.05, 0.1) is 35.7 Å². The van der Waals surface area contributed by atoms with Gasteiger partial charge in [-0.15, -0.1) is 0 Å². The highest BCUT2D eigenvalue weighted by Crippen LogP contribution is 2.36. The molecule has 0 radical (unpaired) electrons. The van der Waals surface area contributed by atoms with Crippen LogP contribution in [0.3, 0.4) is 0 Å². The minimum Gasteiger partial charge on any atom is -0.355 e. The highest BCUT2D eigenvalue weighted by molar-refractivity contribution is 6.08. The van der Waals surface area contributed by atoms with Crippen LogP contribution in [0.15, 0.2) is 46.5 Å². The number of allylic oxidation sites excluding steroid dienone is 4. The standard InChI is InChI=1S/C21H21N5O2/c1-2-23-21(28)26-12-16-18(17(27)13-26)20(24-15-6-4-3-5-7-15)19(25-16)14-8-10-22-11-9-14/h3-4,6,8,10,24-25H,2,9,11-13H2,1H3,(H,23,28). The number of rotatable bonds is 4. The maximum absolute atomic E-state index is 13.0. The second kappa shape index (κ2) is 7.61. The van der Waals surface area contributed by atoms with E-state index in [0.717, 1.165) is 34.8 Å². The lowest BCUT2D eigenvalue weighted by Crippen LogP contribution is -2.45. The van der Waals surface area contributed by atoms with Crippen LogP contribution in [0.25, 0.3) is 5.57 Å². The summed E-state index contributed by atoms with van der Waals surface area (Å²) in [6, 6.07) is -0.234. The Bertz CT molecular complexity index is 1030. The van der Waals surface area contributed by atoms with Crippen molar-refractivity contribution in [2.75, 3.05) is 25.0 Å². The number of Topliss-reactive ketones (excluding diaryl/α,β-unsaturated/α-hetero) is 1. The molecule has 0 atom stereocenters.